The molecule has 0 saturated carbocycles. The number of ether oxygens (including phenoxy) is 1. The highest BCUT2D eigenvalue weighted by Crippen LogP contribution is 2.32. The highest BCUT2D eigenvalue weighted by molar-refractivity contribution is 7.89. The Morgan fingerprint density at radius 2 is 1.72 bits per heavy atom. The molecule has 0 spiro atoms. The molecule has 2 aromatic carbocycles. The Labute approximate surface area is 186 Å². The van der Waals surface area contributed by atoms with Crippen molar-refractivity contribution in [2.24, 2.45) is 0 Å². The van der Waals surface area contributed by atoms with Gasteiger partial charge in [0.1, 0.15) is 11.3 Å². The van der Waals surface area contributed by atoms with Gasteiger partial charge in [-0.3, -0.25) is 4.79 Å². The van der Waals surface area contributed by atoms with Crippen LogP contribution in [0.15, 0.2) is 50.5 Å². The van der Waals surface area contributed by atoms with Crippen molar-refractivity contribution < 1.29 is 22.4 Å². The van der Waals surface area contributed by atoms with Crippen molar-refractivity contribution in [3.63, 3.8) is 0 Å². The summed E-state index contributed by atoms with van der Waals surface area (Å²) in [6.07, 6.45) is 3.42. The molecule has 7 nitrogen and oxygen atoms in total. The number of hydrogen-bond donors (Lipinski definition) is 1. The molecule has 0 radical (unpaired) electrons. The number of aryl methyl sites for hydroxylation is 3. The molecule has 0 bridgehead atoms. The lowest BCUT2D eigenvalue weighted by Crippen LogP contribution is -2.27. The van der Waals surface area contributed by atoms with Crippen LogP contribution in [0.3, 0.4) is 0 Å². The van der Waals surface area contributed by atoms with Crippen molar-refractivity contribution in [3.8, 4) is 5.75 Å². The van der Waals surface area contributed by atoms with E-state index >= 15 is 0 Å². The molecule has 0 unspecified atom stereocenters. The molecule has 0 saturated heterocycles. The molecule has 0 amide bonds. The predicted molar refractivity (Wildman–Crippen MR) is 120 cm³/mol. The van der Waals surface area contributed by atoms with E-state index in [4.69, 9.17) is 9.15 Å². The second kappa shape index (κ2) is 8.88. The number of fused-ring (bicyclic) bond motifs is 3. The summed E-state index contributed by atoms with van der Waals surface area (Å²) in [4.78, 5) is 24.9. The average Bonchev–Trinajstić information content (AvgIpc) is 2.76. The third kappa shape index (κ3) is 4.47. The Bertz CT molecular complexity index is 1340. The summed E-state index contributed by atoms with van der Waals surface area (Å²) in [5, 5.41) is 0.877. The van der Waals surface area contributed by atoms with Gasteiger partial charge in [-0.05, 0) is 69.4 Å². The summed E-state index contributed by atoms with van der Waals surface area (Å²) in [7, 11) is -3.70. The zero-order chi connectivity index (χ0) is 22.9. The molecule has 168 valence electrons. The lowest BCUT2D eigenvalue weighted by Gasteiger charge is -2.17. The average molecular weight is 456 g/mol. The van der Waals surface area contributed by atoms with Crippen LogP contribution in [0.5, 0.6) is 5.75 Å². The summed E-state index contributed by atoms with van der Waals surface area (Å²) in [5.74, 6) is -0.290. The van der Waals surface area contributed by atoms with Gasteiger partial charge >= 0.3 is 11.6 Å². The van der Waals surface area contributed by atoms with E-state index in [0.717, 1.165) is 47.8 Å². The van der Waals surface area contributed by atoms with Crippen LogP contribution in [0.1, 0.15) is 41.5 Å². The van der Waals surface area contributed by atoms with Gasteiger partial charge in [-0.15, -0.1) is 0 Å². The van der Waals surface area contributed by atoms with E-state index in [1.54, 1.807) is 25.1 Å². The van der Waals surface area contributed by atoms with Crippen molar-refractivity contribution in [1.29, 1.82) is 0 Å². The first-order chi connectivity index (χ1) is 15.3. The molecule has 1 aliphatic rings. The second-order valence-corrected chi connectivity index (χ2v) is 9.82. The predicted octanol–water partition coefficient (Wildman–Crippen LogP) is 3.56. The fourth-order valence-electron chi connectivity index (χ4n) is 4.00. The Morgan fingerprint density at radius 3 is 2.44 bits per heavy atom. The fourth-order valence-corrected chi connectivity index (χ4v) is 5.03. The standard InChI is InChI=1S/C24H25NO6S/c1-15-7-9-17(10-8-15)32(28,29)25-14-13-22(26)30-21-12-11-19-18-5-3-4-6-20(18)24(27)31-23(19)16(21)2/h7-12,25H,3-6,13-14H2,1-2H3. The molecule has 8 heteroatoms. The van der Waals surface area contributed by atoms with Crippen molar-refractivity contribution in [1.82, 2.24) is 4.72 Å². The number of carbonyl (C=O) groups is 1. The SMILES string of the molecule is Cc1ccc(S(=O)(=O)NCCC(=O)Oc2ccc3c4c(c(=O)oc3c2C)CCCC4)cc1. The largest absolute Gasteiger partial charge is 0.426 e. The van der Waals surface area contributed by atoms with E-state index in [9.17, 15) is 18.0 Å². The van der Waals surface area contributed by atoms with Crippen LogP contribution in [0.25, 0.3) is 11.0 Å². The van der Waals surface area contributed by atoms with Crippen LogP contribution < -0.4 is 15.1 Å². The third-order valence-electron chi connectivity index (χ3n) is 5.77. The van der Waals surface area contributed by atoms with Crippen LogP contribution in [0.4, 0.5) is 0 Å². The van der Waals surface area contributed by atoms with Gasteiger partial charge in [0, 0.05) is 23.1 Å². The lowest BCUT2D eigenvalue weighted by atomic mass is 9.90. The molecule has 0 atom stereocenters. The minimum Gasteiger partial charge on any atom is -0.426 e. The van der Waals surface area contributed by atoms with Crippen LogP contribution in [0.2, 0.25) is 0 Å². The van der Waals surface area contributed by atoms with Gasteiger partial charge in [0.2, 0.25) is 10.0 Å². The van der Waals surface area contributed by atoms with E-state index in [1.807, 2.05) is 13.0 Å². The molecule has 1 aliphatic carbocycles. The zero-order valence-corrected chi connectivity index (χ0v) is 18.9. The Kier molecular flexibility index (Phi) is 6.17. The molecule has 0 fully saturated rings. The summed E-state index contributed by atoms with van der Waals surface area (Å²) in [6, 6.07) is 9.96. The second-order valence-electron chi connectivity index (χ2n) is 8.05. The topological polar surface area (TPSA) is 103 Å². The van der Waals surface area contributed by atoms with E-state index in [2.05, 4.69) is 4.72 Å². The summed E-state index contributed by atoms with van der Waals surface area (Å²) in [6.45, 7) is 3.52. The normalized spacial score (nSPS) is 13.7. The van der Waals surface area contributed by atoms with Gasteiger partial charge in [0.15, 0.2) is 0 Å². The van der Waals surface area contributed by atoms with Gasteiger partial charge in [0.05, 0.1) is 11.3 Å². The number of benzene rings is 2. The maximum Gasteiger partial charge on any atom is 0.339 e. The Hall–Kier alpha value is -2.97. The van der Waals surface area contributed by atoms with Crippen molar-refractivity contribution >= 4 is 27.0 Å². The van der Waals surface area contributed by atoms with E-state index in [-0.39, 0.29) is 23.5 Å². The maximum absolute atomic E-state index is 12.4. The number of carbonyl (C=O) groups excluding carboxylic acids is 1. The first kappa shape index (κ1) is 22.2. The van der Waals surface area contributed by atoms with Gasteiger partial charge in [-0.1, -0.05) is 17.7 Å². The zero-order valence-electron chi connectivity index (χ0n) is 18.1. The first-order valence-electron chi connectivity index (χ1n) is 10.6. The number of nitrogens with one attached hydrogen (secondary N) is 1. The Balaban J connectivity index is 1.45. The van der Waals surface area contributed by atoms with E-state index in [1.165, 1.54) is 12.1 Å². The van der Waals surface area contributed by atoms with Crippen molar-refractivity contribution in [3.05, 3.63) is 69.1 Å². The number of esters is 1. The maximum atomic E-state index is 12.4. The van der Waals surface area contributed by atoms with Crippen LogP contribution in [0, 0.1) is 13.8 Å². The molecule has 3 aromatic rings. The number of rotatable bonds is 6. The molecule has 1 aromatic heterocycles. The number of hydrogen-bond acceptors (Lipinski definition) is 6. The van der Waals surface area contributed by atoms with E-state index in [0.29, 0.717) is 16.9 Å². The van der Waals surface area contributed by atoms with Crippen LogP contribution in [-0.4, -0.2) is 20.9 Å². The van der Waals surface area contributed by atoms with Crippen LogP contribution in [-0.2, 0) is 27.7 Å². The molecular formula is C24H25NO6S. The number of sulfonamides is 1. The van der Waals surface area contributed by atoms with Crippen LogP contribution >= 0.6 is 0 Å². The van der Waals surface area contributed by atoms with Crippen molar-refractivity contribution in [2.75, 3.05) is 6.54 Å². The quantitative estimate of drug-likeness (QED) is 0.346. The molecular weight excluding hydrogens is 430 g/mol. The van der Waals surface area contributed by atoms with Crippen molar-refractivity contribution in [2.45, 2.75) is 50.8 Å². The summed E-state index contributed by atoms with van der Waals surface area (Å²) >= 11 is 0. The minimum atomic E-state index is -3.70. The highest BCUT2D eigenvalue weighted by Gasteiger charge is 2.21. The monoisotopic (exact) mass is 455 g/mol. The van der Waals surface area contributed by atoms with Gasteiger partial charge in [-0.2, -0.15) is 0 Å². The third-order valence-corrected chi connectivity index (χ3v) is 7.24. The Morgan fingerprint density at radius 1 is 1.03 bits per heavy atom. The minimum absolute atomic E-state index is 0.0930. The smallest absolute Gasteiger partial charge is 0.339 e. The first-order valence-corrected chi connectivity index (χ1v) is 12.1. The molecule has 1 heterocycles. The summed E-state index contributed by atoms with van der Waals surface area (Å²) < 4.78 is 38.1. The van der Waals surface area contributed by atoms with Gasteiger partial charge < -0.3 is 9.15 Å². The lowest BCUT2D eigenvalue weighted by molar-refractivity contribution is -0.134. The van der Waals surface area contributed by atoms with Gasteiger partial charge in [-0.25, -0.2) is 17.9 Å². The van der Waals surface area contributed by atoms with E-state index < -0.39 is 16.0 Å². The highest BCUT2D eigenvalue weighted by atomic mass is 32.2. The fraction of sp³-hybridized carbons (Fsp3) is 0.333. The summed E-state index contributed by atoms with van der Waals surface area (Å²) in [5.41, 5.74) is 3.39. The molecule has 32 heavy (non-hydrogen) atoms. The molecule has 0 aliphatic heterocycles. The van der Waals surface area contributed by atoms with Gasteiger partial charge in [0.25, 0.3) is 0 Å². The molecule has 1 N–H and O–H groups in total. The molecule has 4 rings (SSSR count).